The van der Waals surface area contributed by atoms with E-state index in [1.165, 1.54) is 11.1 Å². The Morgan fingerprint density at radius 1 is 0.955 bits per heavy atom. The molecule has 2 amide bonds. The molecule has 2 N–H and O–H groups in total. The third-order valence-electron chi connectivity index (χ3n) is 3.42. The summed E-state index contributed by atoms with van der Waals surface area (Å²) in [7, 11) is 0. The van der Waals surface area contributed by atoms with Gasteiger partial charge in [0.05, 0.1) is 0 Å². The first kappa shape index (κ1) is 16.4. The van der Waals surface area contributed by atoms with Gasteiger partial charge in [-0.05, 0) is 24.0 Å². The molecule has 0 saturated heterocycles. The Balaban J connectivity index is 1.72. The van der Waals surface area contributed by atoms with Gasteiger partial charge < -0.3 is 10.6 Å². The summed E-state index contributed by atoms with van der Waals surface area (Å²) in [5, 5.41) is 5.87. The summed E-state index contributed by atoms with van der Waals surface area (Å²) in [5.74, 6) is 0.612. The molecule has 0 saturated carbocycles. The maximum absolute atomic E-state index is 11.9. The summed E-state index contributed by atoms with van der Waals surface area (Å²) >= 11 is 4.33. The van der Waals surface area contributed by atoms with Gasteiger partial charge >= 0.3 is 6.03 Å². The first-order valence-electron chi connectivity index (χ1n) is 7.51. The van der Waals surface area contributed by atoms with Gasteiger partial charge in [0.25, 0.3) is 0 Å². The van der Waals surface area contributed by atoms with E-state index in [1.54, 1.807) is 0 Å². The summed E-state index contributed by atoms with van der Waals surface area (Å²) in [5.41, 5.74) is 2.42. The van der Waals surface area contributed by atoms with Crippen LogP contribution < -0.4 is 10.6 Å². The molecule has 1 atom stereocenters. The van der Waals surface area contributed by atoms with Crippen molar-refractivity contribution in [3.63, 3.8) is 0 Å². The highest BCUT2D eigenvalue weighted by molar-refractivity contribution is 7.80. The van der Waals surface area contributed by atoms with Crippen molar-refractivity contribution in [2.24, 2.45) is 0 Å². The van der Waals surface area contributed by atoms with Crippen molar-refractivity contribution in [2.45, 2.75) is 18.9 Å². The number of hydrogen-bond acceptors (Lipinski definition) is 2. The van der Waals surface area contributed by atoms with Crippen molar-refractivity contribution in [1.29, 1.82) is 0 Å². The lowest BCUT2D eigenvalue weighted by Crippen LogP contribution is -2.44. The lowest BCUT2D eigenvalue weighted by molar-refractivity contribution is 0.238. The molecule has 0 bridgehead atoms. The lowest BCUT2D eigenvalue weighted by Gasteiger charge is -2.17. The quantitative estimate of drug-likeness (QED) is 0.676. The van der Waals surface area contributed by atoms with Crippen LogP contribution in [0.2, 0.25) is 0 Å². The van der Waals surface area contributed by atoms with Crippen LogP contribution in [0.25, 0.3) is 0 Å². The van der Waals surface area contributed by atoms with Gasteiger partial charge in [0.2, 0.25) is 0 Å². The molecular formula is C18H22N2OS. The lowest BCUT2D eigenvalue weighted by atomic mass is 10.1. The zero-order chi connectivity index (χ0) is 15.6. The molecule has 0 aromatic heterocycles. The van der Waals surface area contributed by atoms with Gasteiger partial charge in [-0.3, -0.25) is 0 Å². The number of nitrogens with one attached hydrogen (secondary N) is 2. The van der Waals surface area contributed by atoms with E-state index >= 15 is 0 Å². The van der Waals surface area contributed by atoms with Crippen molar-refractivity contribution >= 4 is 18.7 Å². The van der Waals surface area contributed by atoms with Crippen molar-refractivity contribution in [3.05, 3.63) is 71.8 Å². The largest absolute Gasteiger partial charge is 0.338 e. The molecular weight excluding hydrogens is 292 g/mol. The molecule has 2 aromatic rings. The summed E-state index contributed by atoms with van der Waals surface area (Å²) in [6.07, 6.45) is 1.62. The second kappa shape index (κ2) is 9.15. The summed E-state index contributed by atoms with van der Waals surface area (Å²) in [6.45, 7) is 0.625. The van der Waals surface area contributed by atoms with E-state index in [1.807, 2.05) is 36.4 Å². The van der Waals surface area contributed by atoms with Crippen molar-refractivity contribution in [3.8, 4) is 0 Å². The van der Waals surface area contributed by atoms with E-state index in [0.29, 0.717) is 12.3 Å². The van der Waals surface area contributed by atoms with Crippen LogP contribution >= 0.6 is 12.6 Å². The topological polar surface area (TPSA) is 41.1 Å². The van der Waals surface area contributed by atoms with Crippen LogP contribution in [0, 0.1) is 0 Å². The second-order valence-corrected chi connectivity index (χ2v) is 5.57. The molecule has 1 unspecified atom stereocenters. The molecule has 0 spiro atoms. The van der Waals surface area contributed by atoms with E-state index in [-0.39, 0.29) is 12.1 Å². The maximum Gasteiger partial charge on any atom is 0.315 e. The summed E-state index contributed by atoms with van der Waals surface area (Å²) in [6, 6.07) is 20.1. The number of hydrogen-bond donors (Lipinski definition) is 3. The number of carbonyl (C=O) groups is 1. The van der Waals surface area contributed by atoms with Crippen molar-refractivity contribution in [2.75, 3.05) is 12.3 Å². The fourth-order valence-corrected chi connectivity index (χ4v) is 2.48. The third kappa shape index (κ3) is 5.82. The van der Waals surface area contributed by atoms with Gasteiger partial charge in [0, 0.05) is 18.3 Å². The summed E-state index contributed by atoms with van der Waals surface area (Å²) < 4.78 is 0. The minimum atomic E-state index is -0.133. The Kier molecular flexibility index (Phi) is 6.84. The van der Waals surface area contributed by atoms with Crippen LogP contribution in [0.1, 0.15) is 11.1 Å². The molecule has 0 radical (unpaired) electrons. The van der Waals surface area contributed by atoms with E-state index in [0.717, 1.165) is 12.8 Å². The van der Waals surface area contributed by atoms with Crippen LogP contribution in [0.5, 0.6) is 0 Å². The summed E-state index contributed by atoms with van der Waals surface area (Å²) in [4.78, 5) is 11.9. The molecule has 2 rings (SSSR count). The number of rotatable bonds is 7. The van der Waals surface area contributed by atoms with E-state index < -0.39 is 0 Å². The Bertz CT molecular complexity index is 560. The molecule has 0 heterocycles. The number of thiol groups is 1. The molecule has 116 valence electrons. The van der Waals surface area contributed by atoms with Gasteiger partial charge in [-0.15, -0.1) is 0 Å². The molecule has 0 aliphatic carbocycles. The van der Waals surface area contributed by atoms with Crippen LogP contribution in [-0.2, 0) is 12.8 Å². The minimum Gasteiger partial charge on any atom is -0.338 e. The zero-order valence-electron chi connectivity index (χ0n) is 12.5. The van der Waals surface area contributed by atoms with E-state index in [4.69, 9.17) is 0 Å². The number of benzene rings is 2. The minimum absolute atomic E-state index is 0.0301. The highest BCUT2D eigenvalue weighted by Crippen LogP contribution is 2.04. The Labute approximate surface area is 137 Å². The molecule has 0 fully saturated rings. The van der Waals surface area contributed by atoms with Gasteiger partial charge in [0.1, 0.15) is 0 Å². The van der Waals surface area contributed by atoms with E-state index in [9.17, 15) is 4.79 Å². The van der Waals surface area contributed by atoms with Gasteiger partial charge in [0.15, 0.2) is 0 Å². The fraction of sp³-hybridized carbons (Fsp3) is 0.278. The van der Waals surface area contributed by atoms with Crippen LogP contribution in [0.3, 0.4) is 0 Å². The first-order chi connectivity index (χ1) is 10.8. The maximum atomic E-state index is 11.9. The molecule has 0 aliphatic rings. The smallest absolute Gasteiger partial charge is 0.315 e. The molecule has 0 aliphatic heterocycles. The first-order valence-corrected chi connectivity index (χ1v) is 8.14. The predicted molar refractivity (Wildman–Crippen MR) is 94.5 cm³/mol. The predicted octanol–water partition coefficient (Wildman–Crippen LogP) is 3.07. The fourth-order valence-electron chi connectivity index (χ4n) is 2.26. The van der Waals surface area contributed by atoms with Crippen LogP contribution in [0.4, 0.5) is 4.79 Å². The van der Waals surface area contributed by atoms with Crippen molar-refractivity contribution < 1.29 is 4.79 Å². The molecule has 4 heteroatoms. The van der Waals surface area contributed by atoms with E-state index in [2.05, 4.69) is 47.5 Å². The highest BCUT2D eigenvalue weighted by Gasteiger charge is 2.10. The van der Waals surface area contributed by atoms with Gasteiger partial charge in [-0.2, -0.15) is 12.6 Å². The number of carbonyl (C=O) groups excluding carboxylic acids is 1. The molecule has 22 heavy (non-hydrogen) atoms. The van der Waals surface area contributed by atoms with Crippen molar-refractivity contribution in [1.82, 2.24) is 10.6 Å². The molecule has 3 nitrogen and oxygen atoms in total. The number of amides is 2. The van der Waals surface area contributed by atoms with Gasteiger partial charge in [-0.1, -0.05) is 60.7 Å². The standard InChI is InChI=1S/C18H22N2OS/c21-18(19-12-11-15-7-3-1-4-8-15)20-17(14-22)13-16-9-5-2-6-10-16/h1-10,17,22H,11-14H2,(H2,19,20,21). The SMILES string of the molecule is O=C(NCCc1ccccc1)NC(CS)Cc1ccccc1. The average Bonchev–Trinajstić information content (AvgIpc) is 2.56. The normalized spacial score (nSPS) is 11.7. The number of urea groups is 1. The van der Waals surface area contributed by atoms with Crippen LogP contribution in [0.15, 0.2) is 60.7 Å². The van der Waals surface area contributed by atoms with Crippen LogP contribution in [-0.4, -0.2) is 24.4 Å². The Morgan fingerprint density at radius 2 is 1.55 bits per heavy atom. The average molecular weight is 314 g/mol. The Morgan fingerprint density at radius 3 is 2.14 bits per heavy atom. The monoisotopic (exact) mass is 314 g/mol. The second-order valence-electron chi connectivity index (χ2n) is 5.21. The van der Waals surface area contributed by atoms with Gasteiger partial charge in [-0.25, -0.2) is 4.79 Å². The third-order valence-corrected chi connectivity index (χ3v) is 3.86. The zero-order valence-corrected chi connectivity index (χ0v) is 13.4. The molecule has 2 aromatic carbocycles. The highest BCUT2D eigenvalue weighted by atomic mass is 32.1. The Hall–Kier alpha value is -1.94.